The molecule has 2 aliphatic carbocycles. The summed E-state index contributed by atoms with van der Waals surface area (Å²) >= 11 is 0. The quantitative estimate of drug-likeness (QED) is 0.153. The monoisotopic (exact) mass is 717 g/mol. The van der Waals surface area contributed by atoms with Crippen LogP contribution in [0, 0.1) is 0 Å². The Hall–Kier alpha value is -5.10. The molecule has 2 atom stereocenters. The number of rotatable bonds is 10. The molecule has 12 heteroatoms. The van der Waals surface area contributed by atoms with Crippen molar-refractivity contribution in [3.63, 3.8) is 0 Å². The van der Waals surface area contributed by atoms with Gasteiger partial charge in [-0.3, -0.25) is 9.72 Å². The maximum Gasteiger partial charge on any atom is 0.320 e. The number of hydrogen-bond donors (Lipinski definition) is 2. The molecular weight excluding hydrogens is 667 g/mol. The van der Waals surface area contributed by atoms with Crippen molar-refractivity contribution in [2.75, 3.05) is 44.0 Å². The van der Waals surface area contributed by atoms with Crippen molar-refractivity contribution in [2.24, 2.45) is 0 Å². The minimum atomic E-state index is -0.291. The summed E-state index contributed by atoms with van der Waals surface area (Å²) in [7, 11) is 4.04. The molecule has 2 amide bonds. The highest BCUT2D eigenvalue weighted by Gasteiger charge is 2.50. The van der Waals surface area contributed by atoms with E-state index >= 15 is 0 Å². The molecule has 1 aliphatic heterocycles. The van der Waals surface area contributed by atoms with E-state index in [1.165, 1.54) is 32.1 Å². The average molecular weight is 718 g/mol. The Morgan fingerprint density at radius 1 is 0.943 bits per heavy atom. The smallest absolute Gasteiger partial charge is 0.320 e. The summed E-state index contributed by atoms with van der Waals surface area (Å²) in [4.78, 5) is 18.3. The molecule has 278 valence electrons. The number of urea groups is 1. The summed E-state index contributed by atoms with van der Waals surface area (Å²) in [5, 5.41) is 20.4. The number of aromatic nitrogens is 5. The van der Waals surface area contributed by atoms with Gasteiger partial charge in [-0.1, -0.05) is 51.1 Å². The zero-order valence-electron chi connectivity index (χ0n) is 31.5. The van der Waals surface area contributed by atoms with Gasteiger partial charge in [0.2, 0.25) is 5.95 Å². The van der Waals surface area contributed by atoms with Crippen molar-refractivity contribution in [1.29, 1.82) is 0 Å². The summed E-state index contributed by atoms with van der Waals surface area (Å²) in [6.07, 6.45) is 9.51. The standard InChI is InChI=1S/C41H51N9O3/c1-40(2,3)35-26-37(50(46-35)28-11-10-12-29(25-28)52-24-23-47(4)5)43-38(51)42-33-16-17-34(32-14-7-6-13-31(32)33)53-30-15-18-36-44-45-39(48(36)27-30)49-22-9-8-19-41(49)20-21-41/h6-7,10-15,18,25-27,33-34H,8-9,16-17,19-24H2,1-5H3,(H2,42,43,51)/t33-,34+/m0/s1. The van der Waals surface area contributed by atoms with E-state index in [2.05, 4.69) is 67.9 Å². The molecule has 1 saturated carbocycles. The number of hydrogen-bond acceptors (Lipinski definition) is 8. The van der Waals surface area contributed by atoms with Crippen LogP contribution in [-0.4, -0.2) is 74.6 Å². The molecule has 4 heterocycles. The lowest BCUT2D eigenvalue weighted by molar-refractivity contribution is 0.171. The molecule has 2 fully saturated rings. The fraction of sp³-hybridized carbons (Fsp3) is 0.463. The highest BCUT2D eigenvalue weighted by atomic mass is 16.5. The minimum absolute atomic E-state index is 0.155. The molecule has 12 nitrogen and oxygen atoms in total. The number of anilines is 2. The summed E-state index contributed by atoms with van der Waals surface area (Å²) in [5.74, 6) is 3.03. The van der Waals surface area contributed by atoms with E-state index in [0.29, 0.717) is 12.4 Å². The van der Waals surface area contributed by atoms with E-state index in [1.54, 1.807) is 4.68 Å². The third-order valence-electron chi connectivity index (χ3n) is 10.9. The molecule has 5 aromatic rings. The van der Waals surface area contributed by atoms with Crippen LogP contribution in [0.4, 0.5) is 16.6 Å². The zero-order chi connectivity index (χ0) is 36.7. The molecule has 1 spiro atoms. The third-order valence-corrected chi connectivity index (χ3v) is 10.9. The number of nitrogens with zero attached hydrogens (tertiary/aromatic N) is 7. The van der Waals surface area contributed by atoms with E-state index in [1.807, 2.05) is 74.9 Å². The third kappa shape index (κ3) is 7.29. The summed E-state index contributed by atoms with van der Waals surface area (Å²) in [6.45, 7) is 8.74. The topological polar surface area (TPSA) is 114 Å². The van der Waals surface area contributed by atoms with Crippen LogP contribution in [-0.2, 0) is 5.41 Å². The van der Waals surface area contributed by atoms with Crippen LogP contribution in [0.3, 0.4) is 0 Å². The first-order valence-corrected chi connectivity index (χ1v) is 19.0. The Kier molecular flexibility index (Phi) is 9.26. The van der Waals surface area contributed by atoms with Gasteiger partial charge in [0.05, 0.1) is 23.6 Å². The lowest BCUT2D eigenvalue weighted by Gasteiger charge is -2.36. The van der Waals surface area contributed by atoms with Crippen LogP contribution in [0.15, 0.2) is 72.9 Å². The Bertz CT molecular complexity index is 2090. The van der Waals surface area contributed by atoms with E-state index in [-0.39, 0.29) is 29.1 Å². The van der Waals surface area contributed by atoms with Crippen molar-refractivity contribution in [2.45, 2.75) is 88.8 Å². The molecule has 1 saturated heterocycles. The number of fused-ring (bicyclic) bond motifs is 2. The predicted molar refractivity (Wildman–Crippen MR) is 206 cm³/mol. The van der Waals surface area contributed by atoms with Crippen LogP contribution in [0.25, 0.3) is 11.3 Å². The van der Waals surface area contributed by atoms with Crippen molar-refractivity contribution in [3.05, 3.63) is 89.7 Å². The number of likely N-dealkylation sites (N-methyl/N-ethyl adjacent to an activating group) is 1. The Morgan fingerprint density at radius 3 is 2.57 bits per heavy atom. The fourth-order valence-corrected chi connectivity index (χ4v) is 7.77. The Morgan fingerprint density at radius 2 is 1.77 bits per heavy atom. The number of ether oxygens (including phenoxy) is 2. The lowest BCUT2D eigenvalue weighted by Crippen LogP contribution is -2.42. The van der Waals surface area contributed by atoms with Crippen LogP contribution < -0.4 is 25.0 Å². The van der Waals surface area contributed by atoms with Crippen LogP contribution >= 0.6 is 0 Å². The van der Waals surface area contributed by atoms with Gasteiger partial charge in [0.25, 0.3) is 0 Å². The van der Waals surface area contributed by atoms with E-state index in [0.717, 1.165) is 71.5 Å². The van der Waals surface area contributed by atoms with Gasteiger partial charge in [0, 0.05) is 36.2 Å². The summed E-state index contributed by atoms with van der Waals surface area (Å²) in [6, 6.07) is 21.5. The number of carbonyl (C=O) groups is 1. The second-order valence-electron chi connectivity index (χ2n) is 16.1. The SMILES string of the molecule is CN(C)CCOc1cccc(-n2nc(C(C)(C)C)cc2NC(=O)N[C@H]2CC[C@@H](Oc3ccc4nnc(N5CCCCC56CC6)n4c3)c3ccccc32)c1. The van der Waals surface area contributed by atoms with Crippen molar-refractivity contribution in [3.8, 4) is 17.2 Å². The number of benzene rings is 2. The number of pyridine rings is 1. The van der Waals surface area contributed by atoms with Gasteiger partial charge in [-0.25, -0.2) is 9.48 Å². The Labute approximate surface area is 311 Å². The first-order valence-electron chi connectivity index (χ1n) is 19.0. The molecule has 3 aliphatic rings. The molecule has 0 bridgehead atoms. The molecular formula is C41H51N9O3. The van der Waals surface area contributed by atoms with E-state index in [9.17, 15) is 4.79 Å². The van der Waals surface area contributed by atoms with Gasteiger partial charge in [-0.2, -0.15) is 5.10 Å². The van der Waals surface area contributed by atoms with Gasteiger partial charge in [0.15, 0.2) is 5.65 Å². The molecule has 8 rings (SSSR count). The highest BCUT2D eigenvalue weighted by molar-refractivity contribution is 5.89. The normalized spacial score (nSPS) is 19.3. The molecule has 53 heavy (non-hydrogen) atoms. The first-order chi connectivity index (χ1) is 25.6. The highest BCUT2D eigenvalue weighted by Crippen LogP contribution is 2.50. The van der Waals surface area contributed by atoms with Crippen molar-refractivity contribution < 1.29 is 14.3 Å². The largest absolute Gasteiger partial charge is 0.492 e. The van der Waals surface area contributed by atoms with Gasteiger partial charge in [-0.05, 0) is 94.4 Å². The second kappa shape index (κ2) is 14.0. The van der Waals surface area contributed by atoms with Gasteiger partial charge >= 0.3 is 6.03 Å². The lowest BCUT2D eigenvalue weighted by atomic mass is 9.85. The van der Waals surface area contributed by atoms with Gasteiger partial charge in [0.1, 0.15) is 30.0 Å². The van der Waals surface area contributed by atoms with Crippen molar-refractivity contribution >= 4 is 23.4 Å². The minimum Gasteiger partial charge on any atom is -0.492 e. The molecule has 2 aromatic carbocycles. The maximum atomic E-state index is 13.7. The van der Waals surface area contributed by atoms with E-state index in [4.69, 9.17) is 14.6 Å². The molecule has 0 radical (unpaired) electrons. The number of nitrogens with one attached hydrogen (secondary N) is 2. The number of piperidine rings is 1. The fourth-order valence-electron chi connectivity index (χ4n) is 7.77. The molecule has 0 unspecified atom stereocenters. The van der Waals surface area contributed by atoms with Crippen LogP contribution in [0.1, 0.15) is 94.7 Å². The first kappa shape index (κ1) is 35.0. The summed E-state index contributed by atoms with van der Waals surface area (Å²) in [5.41, 5.74) is 4.67. The average Bonchev–Trinajstić information content (AvgIpc) is 3.55. The van der Waals surface area contributed by atoms with E-state index < -0.39 is 0 Å². The maximum absolute atomic E-state index is 13.7. The Balaban J connectivity index is 0.984. The zero-order valence-corrected chi connectivity index (χ0v) is 31.5. The van der Waals surface area contributed by atoms with Gasteiger partial charge < -0.3 is 24.6 Å². The number of amides is 2. The van der Waals surface area contributed by atoms with Crippen molar-refractivity contribution in [1.82, 2.24) is 34.6 Å². The molecule has 3 aromatic heterocycles. The van der Waals surface area contributed by atoms with Gasteiger partial charge in [-0.15, -0.1) is 10.2 Å². The number of carbonyl (C=O) groups excluding carboxylic acids is 1. The second-order valence-corrected chi connectivity index (χ2v) is 16.1. The summed E-state index contributed by atoms with van der Waals surface area (Å²) < 4.78 is 16.6. The van der Waals surface area contributed by atoms with Crippen LogP contribution in [0.2, 0.25) is 0 Å². The molecule has 2 N–H and O–H groups in total. The predicted octanol–water partition coefficient (Wildman–Crippen LogP) is 7.45. The van der Waals surface area contributed by atoms with Crippen LogP contribution in [0.5, 0.6) is 11.5 Å².